The normalized spacial score (nSPS) is 27.7. The van der Waals surface area contributed by atoms with Crippen LogP contribution in [0.4, 0.5) is 4.39 Å². The zero-order chi connectivity index (χ0) is 19.8. The quantitative estimate of drug-likeness (QED) is 0.860. The summed E-state index contributed by atoms with van der Waals surface area (Å²) in [6.07, 6.45) is 5.89. The van der Waals surface area contributed by atoms with E-state index in [-0.39, 0.29) is 23.7 Å². The van der Waals surface area contributed by atoms with Crippen molar-refractivity contribution in [3.63, 3.8) is 0 Å². The predicted molar refractivity (Wildman–Crippen MR) is 106 cm³/mol. The maximum atomic E-state index is 13.3. The van der Waals surface area contributed by atoms with Gasteiger partial charge < -0.3 is 10.2 Å². The first-order valence-corrected chi connectivity index (χ1v) is 10.2. The molecule has 2 heterocycles. The van der Waals surface area contributed by atoms with E-state index in [0.29, 0.717) is 18.4 Å². The number of hydrogen-bond acceptors (Lipinski definition) is 3. The van der Waals surface area contributed by atoms with Crippen molar-refractivity contribution in [1.82, 2.24) is 20.0 Å². The van der Waals surface area contributed by atoms with Gasteiger partial charge in [-0.15, -0.1) is 0 Å². The van der Waals surface area contributed by atoms with Gasteiger partial charge in [-0.3, -0.25) is 9.48 Å². The van der Waals surface area contributed by atoms with Crippen molar-refractivity contribution in [2.24, 2.45) is 13.0 Å². The van der Waals surface area contributed by atoms with Crippen LogP contribution in [0.1, 0.15) is 54.5 Å². The smallest absolute Gasteiger partial charge is 0.223 e. The maximum Gasteiger partial charge on any atom is 0.223 e. The van der Waals surface area contributed by atoms with E-state index in [0.717, 1.165) is 30.6 Å². The van der Waals surface area contributed by atoms with Gasteiger partial charge in [-0.05, 0) is 43.4 Å². The fraction of sp³-hybridized carbons (Fsp3) is 0.545. The molecule has 0 radical (unpaired) electrons. The zero-order valence-electron chi connectivity index (χ0n) is 16.9. The molecule has 150 valence electrons. The fourth-order valence-electron chi connectivity index (χ4n) is 5.02. The van der Waals surface area contributed by atoms with Crippen LogP contribution in [0.5, 0.6) is 0 Å². The summed E-state index contributed by atoms with van der Waals surface area (Å²) in [5, 5.41) is 8.13. The van der Waals surface area contributed by atoms with Gasteiger partial charge in [-0.2, -0.15) is 5.10 Å². The minimum Gasteiger partial charge on any atom is -0.338 e. The number of carbonyl (C=O) groups is 1. The highest BCUT2D eigenvalue weighted by atomic mass is 19.1. The molecule has 5 nitrogen and oxygen atoms in total. The Morgan fingerprint density at radius 1 is 1.21 bits per heavy atom. The van der Waals surface area contributed by atoms with Crippen LogP contribution in [0.25, 0.3) is 0 Å². The monoisotopic (exact) mass is 384 g/mol. The fourth-order valence-corrected chi connectivity index (χ4v) is 5.02. The Morgan fingerprint density at radius 2 is 1.96 bits per heavy atom. The van der Waals surface area contributed by atoms with Crippen LogP contribution in [-0.4, -0.2) is 40.2 Å². The number of carbonyl (C=O) groups excluding carboxylic acids is 1. The zero-order valence-corrected chi connectivity index (χ0v) is 16.9. The second kappa shape index (κ2) is 7.66. The summed E-state index contributed by atoms with van der Waals surface area (Å²) in [6, 6.07) is 7.37. The highest BCUT2D eigenvalue weighted by Crippen LogP contribution is 2.39. The summed E-state index contributed by atoms with van der Waals surface area (Å²) in [6.45, 7) is 2.86. The average Bonchev–Trinajstić information content (AvgIpc) is 3.35. The van der Waals surface area contributed by atoms with Gasteiger partial charge in [0.2, 0.25) is 5.91 Å². The van der Waals surface area contributed by atoms with Crippen molar-refractivity contribution in [3.8, 4) is 0 Å². The topological polar surface area (TPSA) is 50.2 Å². The Labute approximate surface area is 165 Å². The first kappa shape index (κ1) is 19.1. The molecule has 1 N–H and O–H groups in total. The third-order valence-corrected chi connectivity index (χ3v) is 6.74. The molecule has 1 saturated heterocycles. The predicted octanol–water partition coefficient (Wildman–Crippen LogP) is 3.31. The molecule has 2 aliphatic rings. The number of nitrogens with one attached hydrogen (secondary N) is 1. The molecule has 28 heavy (non-hydrogen) atoms. The van der Waals surface area contributed by atoms with Gasteiger partial charge in [0.15, 0.2) is 0 Å². The Balaban J connectivity index is 1.47. The van der Waals surface area contributed by atoms with Gasteiger partial charge in [0, 0.05) is 50.3 Å². The number of amides is 1. The molecule has 2 fully saturated rings. The van der Waals surface area contributed by atoms with Crippen molar-refractivity contribution in [2.75, 3.05) is 13.6 Å². The van der Waals surface area contributed by atoms with Gasteiger partial charge in [-0.25, -0.2) is 4.39 Å². The Kier molecular flexibility index (Phi) is 5.23. The first-order chi connectivity index (χ1) is 13.5. The third-order valence-electron chi connectivity index (χ3n) is 6.74. The number of halogens is 1. The van der Waals surface area contributed by atoms with E-state index in [9.17, 15) is 9.18 Å². The number of rotatable bonds is 5. The molecular weight excluding hydrogens is 355 g/mol. The highest BCUT2D eigenvalue weighted by molar-refractivity contribution is 5.79. The Morgan fingerprint density at radius 3 is 2.64 bits per heavy atom. The SMILES string of the molecule is Cc1c([C@H]2[C@H](CNC3CCCC3c3ccc(F)cc3)CC(=O)N2C)cnn1C. The van der Waals surface area contributed by atoms with E-state index in [1.54, 1.807) is 12.1 Å². The molecule has 1 aromatic heterocycles. The van der Waals surface area contributed by atoms with E-state index < -0.39 is 0 Å². The standard InChI is InChI=1S/C22H29FN4O/c1-14-19(13-25-27(14)3)22-16(11-21(28)26(22)2)12-24-20-6-4-5-18(20)15-7-9-17(23)10-8-15/h7-10,13,16,18,20,22,24H,4-6,11-12H2,1-3H3/t16-,18?,20?,22+/m0/s1. The molecule has 4 atom stereocenters. The lowest BCUT2D eigenvalue weighted by molar-refractivity contribution is -0.127. The highest BCUT2D eigenvalue weighted by Gasteiger charge is 2.40. The van der Waals surface area contributed by atoms with Crippen molar-refractivity contribution in [3.05, 3.63) is 53.1 Å². The minimum absolute atomic E-state index is 0.0689. The van der Waals surface area contributed by atoms with Crippen molar-refractivity contribution in [2.45, 2.75) is 50.6 Å². The number of aromatic nitrogens is 2. The molecule has 0 spiro atoms. The molecule has 2 aromatic rings. The summed E-state index contributed by atoms with van der Waals surface area (Å²) < 4.78 is 15.1. The van der Waals surface area contributed by atoms with E-state index in [1.165, 1.54) is 12.0 Å². The molecule has 2 unspecified atom stereocenters. The summed E-state index contributed by atoms with van der Waals surface area (Å²) in [4.78, 5) is 14.3. The van der Waals surface area contributed by atoms with Gasteiger partial charge in [0.25, 0.3) is 0 Å². The third kappa shape index (κ3) is 3.46. The van der Waals surface area contributed by atoms with Crippen LogP contribution >= 0.6 is 0 Å². The van der Waals surface area contributed by atoms with E-state index in [1.807, 2.05) is 42.0 Å². The summed E-state index contributed by atoms with van der Waals surface area (Å²) in [7, 11) is 3.84. The summed E-state index contributed by atoms with van der Waals surface area (Å²) in [5.41, 5.74) is 3.46. The Bertz CT molecular complexity index is 847. The number of likely N-dealkylation sites (tertiary alicyclic amines) is 1. The van der Waals surface area contributed by atoms with Crippen LogP contribution < -0.4 is 5.32 Å². The van der Waals surface area contributed by atoms with Gasteiger partial charge in [0.1, 0.15) is 5.82 Å². The van der Waals surface area contributed by atoms with Crippen LogP contribution in [-0.2, 0) is 11.8 Å². The number of aryl methyl sites for hydroxylation is 1. The van der Waals surface area contributed by atoms with E-state index in [2.05, 4.69) is 17.3 Å². The molecular formula is C22H29FN4O. The lowest BCUT2D eigenvalue weighted by atomic mass is 9.91. The second-order valence-corrected chi connectivity index (χ2v) is 8.33. The van der Waals surface area contributed by atoms with E-state index in [4.69, 9.17) is 0 Å². The molecule has 1 aromatic carbocycles. The van der Waals surface area contributed by atoms with Gasteiger partial charge >= 0.3 is 0 Å². The molecule has 6 heteroatoms. The van der Waals surface area contributed by atoms with E-state index >= 15 is 0 Å². The second-order valence-electron chi connectivity index (χ2n) is 8.33. The minimum atomic E-state index is -0.187. The number of hydrogen-bond donors (Lipinski definition) is 1. The van der Waals surface area contributed by atoms with Crippen molar-refractivity contribution < 1.29 is 9.18 Å². The Hall–Kier alpha value is -2.21. The average molecular weight is 384 g/mol. The lowest BCUT2D eigenvalue weighted by Gasteiger charge is -2.28. The molecule has 1 aliphatic heterocycles. The first-order valence-electron chi connectivity index (χ1n) is 10.2. The maximum absolute atomic E-state index is 13.3. The van der Waals surface area contributed by atoms with Gasteiger partial charge in [0.05, 0.1) is 12.2 Å². The van der Waals surface area contributed by atoms with Crippen LogP contribution in [0, 0.1) is 18.7 Å². The number of nitrogens with zero attached hydrogens (tertiary/aromatic N) is 3. The van der Waals surface area contributed by atoms with Crippen LogP contribution in [0.2, 0.25) is 0 Å². The molecule has 4 rings (SSSR count). The van der Waals surface area contributed by atoms with Crippen LogP contribution in [0.15, 0.2) is 30.5 Å². The van der Waals surface area contributed by atoms with Gasteiger partial charge in [-0.1, -0.05) is 18.6 Å². The lowest BCUT2D eigenvalue weighted by Crippen LogP contribution is -2.37. The van der Waals surface area contributed by atoms with Crippen LogP contribution in [0.3, 0.4) is 0 Å². The molecule has 1 aliphatic carbocycles. The largest absolute Gasteiger partial charge is 0.338 e. The molecule has 0 bridgehead atoms. The van der Waals surface area contributed by atoms with Crippen molar-refractivity contribution in [1.29, 1.82) is 0 Å². The number of benzene rings is 1. The molecule has 1 saturated carbocycles. The summed E-state index contributed by atoms with van der Waals surface area (Å²) in [5.74, 6) is 0.652. The summed E-state index contributed by atoms with van der Waals surface area (Å²) >= 11 is 0. The molecule has 1 amide bonds. The van der Waals surface area contributed by atoms with Crippen molar-refractivity contribution >= 4 is 5.91 Å².